The molecule has 3 aliphatic heterocycles. The fourth-order valence-electron chi connectivity index (χ4n) is 6.53. The van der Waals surface area contributed by atoms with Crippen molar-refractivity contribution < 1.29 is 23.1 Å². The Morgan fingerprint density at radius 2 is 1.70 bits per heavy atom. The molecular formula is C31H37N3O5S. The lowest BCUT2D eigenvalue weighted by Crippen LogP contribution is -2.69. The summed E-state index contributed by atoms with van der Waals surface area (Å²) in [7, 11) is -0.279. The van der Waals surface area contributed by atoms with Gasteiger partial charge in [0.2, 0.25) is 10.0 Å². The Morgan fingerprint density at radius 3 is 2.25 bits per heavy atom. The number of rotatable bonds is 10. The smallest absolute Gasteiger partial charge is 0.320 e. The van der Waals surface area contributed by atoms with Gasteiger partial charge in [-0.2, -0.15) is 0 Å². The average Bonchev–Trinajstić information content (AvgIpc) is 2.97. The van der Waals surface area contributed by atoms with Crippen molar-refractivity contribution in [3.05, 3.63) is 95.6 Å². The second kappa shape index (κ2) is 11.6. The van der Waals surface area contributed by atoms with Gasteiger partial charge in [-0.1, -0.05) is 60.7 Å². The Hall–Kier alpha value is -3.40. The molecule has 2 bridgehead atoms. The molecule has 3 aromatic rings. The van der Waals surface area contributed by atoms with E-state index in [2.05, 4.69) is 34.5 Å². The van der Waals surface area contributed by atoms with Gasteiger partial charge in [-0.05, 0) is 54.6 Å². The summed E-state index contributed by atoms with van der Waals surface area (Å²) in [6, 6.07) is 25.4. The van der Waals surface area contributed by atoms with Crippen molar-refractivity contribution in [2.75, 3.05) is 31.3 Å². The molecule has 212 valence electrons. The van der Waals surface area contributed by atoms with Crippen LogP contribution in [0.25, 0.3) is 0 Å². The molecular weight excluding hydrogens is 526 g/mol. The minimum absolute atomic E-state index is 0.00996. The minimum atomic E-state index is -3.42. The molecule has 0 amide bonds. The van der Waals surface area contributed by atoms with Gasteiger partial charge in [-0.3, -0.25) is 14.0 Å². The third-order valence-electron chi connectivity index (χ3n) is 8.54. The number of sulfonamides is 1. The summed E-state index contributed by atoms with van der Waals surface area (Å²) in [6.07, 6.45) is 2.69. The van der Waals surface area contributed by atoms with Gasteiger partial charge in [-0.15, -0.1) is 0 Å². The fourth-order valence-corrected chi connectivity index (χ4v) is 7.03. The van der Waals surface area contributed by atoms with E-state index in [-0.39, 0.29) is 23.9 Å². The van der Waals surface area contributed by atoms with Crippen molar-refractivity contribution in [3.63, 3.8) is 0 Å². The minimum Gasteiger partial charge on any atom is -0.496 e. The Kier molecular flexibility index (Phi) is 8.16. The Labute approximate surface area is 236 Å². The number of aliphatic carboxylic acids is 1. The first-order chi connectivity index (χ1) is 19.2. The van der Waals surface area contributed by atoms with Crippen LogP contribution >= 0.6 is 0 Å². The zero-order valence-electron chi connectivity index (χ0n) is 23.1. The molecule has 9 heteroatoms. The van der Waals surface area contributed by atoms with Gasteiger partial charge in [-0.25, -0.2) is 8.42 Å². The van der Waals surface area contributed by atoms with Gasteiger partial charge in [0.25, 0.3) is 0 Å². The van der Waals surface area contributed by atoms with Crippen molar-refractivity contribution in [2.45, 2.75) is 43.4 Å². The number of nitrogens with zero attached hydrogens (tertiary/aromatic N) is 2. The van der Waals surface area contributed by atoms with E-state index in [1.54, 1.807) is 19.2 Å². The highest BCUT2D eigenvalue weighted by atomic mass is 32.2. The number of hydrogen-bond acceptors (Lipinski definition) is 6. The fraction of sp³-hybridized carbons (Fsp3) is 0.387. The molecule has 0 aliphatic carbocycles. The summed E-state index contributed by atoms with van der Waals surface area (Å²) in [6.45, 7) is 1.19. The molecule has 2 N–H and O–H groups in total. The third-order valence-corrected chi connectivity index (χ3v) is 9.75. The summed E-state index contributed by atoms with van der Waals surface area (Å²) in [5.74, 6) is 0.0432. The van der Waals surface area contributed by atoms with E-state index in [0.717, 1.165) is 29.7 Å². The monoisotopic (exact) mass is 563 g/mol. The zero-order chi connectivity index (χ0) is 28.4. The molecule has 6 rings (SSSR count). The van der Waals surface area contributed by atoms with Crippen molar-refractivity contribution in [2.24, 2.45) is 5.92 Å². The molecule has 3 aromatic carbocycles. The van der Waals surface area contributed by atoms with E-state index in [0.29, 0.717) is 24.4 Å². The lowest BCUT2D eigenvalue weighted by Gasteiger charge is -2.56. The maximum absolute atomic E-state index is 12.4. The van der Waals surface area contributed by atoms with E-state index in [1.165, 1.54) is 17.6 Å². The zero-order valence-corrected chi connectivity index (χ0v) is 23.9. The molecule has 0 saturated carbocycles. The number of carboxylic acids is 1. The third kappa shape index (κ3) is 5.59. The Bertz CT molecular complexity index is 1390. The van der Waals surface area contributed by atoms with Crippen LogP contribution in [0.2, 0.25) is 0 Å². The largest absolute Gasteiger partial charge is 0.496 e. The molecule has 3 fully saturated rings. The Morgan fingerprint density at radius 1 is 1.07 bits per heavy atom. The second-order valence-electron chi connectivity index (χ2n) is 10.8. The van der Waals surface area contributed by atoms with E-state index in [4.69, 9.17) is 4.74 Å². The lowest BCUT2D eigenvalue weighted by molar-refractivity contribution is -0.152. The maximum Gasteiger partial charge on any atom is 0.320 e. The van der Waals surface area contributed by atoms with Crippen LogP contribution in [0.5, 0.6) is 5.75 Å². The summed E-state index contributed by atoms with van der Waals surface area (Å²) in [5.41, 5.74) is 3.70. The number of ether oxygens (including phenoxy) is 1. The van der Waals surface area contributed by atoms with Crippen molar-refractivity contribution in [1.82, 2.24) is 10.2 Å². The number of carbonyl (C=O) groups is 1. The molecule has 3 aliphatic rings. The van der Waals surface area contributed by atoms with Crippen LogP contribution < -0.4 is 14.4 Å². The number of piperidine rings is 3. The highest BCUT2D eigenvalue weighted by Crippen LogP contribution is 2.44. The van der Waals surface area contributed by atoms with Gasteiger partial charge < -0.3 is 15.2 Å². The molecule has 40 heavy (non-hydrogen) atoms. The molecule has 3 saturated heterocycles. The number of methoxy groups -OCH3 is 1. The molecule has 0 radical (unpaired) electrons. The van der Waals surface area contributed by atoms with Gasteiger partial charge in [0.1, 0.15) is 11.8 Å². The summed E-state index contributed by atoms with van der Waals surface area (Å²) in [5, 5.41) is 14.0. The number of hydrogen-bond donors (Lipinski definition) is 2. The number of anilines is 1. The van der Waals surface area contributed by atoms with Crippen molar-refractivity contribution in [3.8, 4) is 5.75 Å². The topological polar surface area (TPSA) is 99.2 Å². The van der Waals surface area contributed by atoms with E-state index >= 15 is 0 Å². The molecule has 0 aromatic heterocycles. The van der Waals surface area contributed by atoms with Gasteiger partial charge in [0, 0.05) is 37.2 Å². The Balaban J connectivity index is 1.53. The van der Waals surface area contributed by atoms with E-state index < -0.39 is 22.0 Å². The van der Waals surface area contributed by atoms with Crippen LogP contribution in [0.3, 0.4) is 0 Å². The standard InChI is InChI=1S/C31H37N3O5S/c1-33(40(3,37)38)25-14-15-27(39-2)24(18-25)20-32-29-23-16-17-34(26(19-23)31(35)36)30(29)28(21-10-6-4-7-11-21)22-12-8-5-9-13-22/h4-15,18,23,26,28-30,32H,16-17,19-20H2,1-3H3,(H,35,36)/t23-,26?,29-,30-/m0/s1. The molecule has 0 spiro atoms. The van der Waals surface area contributed by atoms with Crippen LogP contribution in [-0.4, -0.2) is 69.5 Å². The summed E-state index contributed by atoms with van der Waals surface area (Å²) >= 11 is 0. The SMILES string of the molecule is COc1ccc(N(C)S(C)(=O)=O)cc1CN[C@H]1[C@H]2CCN(C(C(=O)O)C2)[C@H]1C(c1ccccc1)c1ccccc1. The number of carboxylic acid groups (broad SMARTS) is 1. The first-order valence-corrected chi connectivity index (χ1v) is 15.5. The van der Waals surface area contributed by atoms with Crippen LogP contribution in [0.1, 0.15) is 35.4 Å². The van der Waals surface area contributed by atoms with Crippen LogP contribution in [0.15, 0.2) is 78.9 Å². The highest BCUT2D eigenvalue weighted by Gasteiger charge is 2.52. The first-order valence-electron chi connectivity index (χ1n) is 13.6. The van der Waals surface area contributed by atoms with Crippen LogP contribution in [0.4, 0.5) is 5.69 Å². The van der Waals surface area contributed by atoms with Crippen LogP contribution in [0, 0.1) is 5.92 Å². The van der Waals surface area contributed by atoms with E-state index in [9.17, 15) is 18.3 Å². The van der Waals surface area contributed by atoms with Crippen LogP contribution in [-0.2, 0) is 21.4 Å². The predicted octanol–water partition coefficient (Wildman–Crippen LogP) is 3.93. The van der Waals surface area contributed by atoms with Gasteiger partial charge >= 0.3 is 5.97 Å². The van der Waals surface area contributed by atoms with E-state index in [1.807, 2.05) is 42.5 Å². The molecule has 5 atom stereocenters. The second-order valence-corrected chi connectivity index (χ2v) is 12.8. The lowest BCUT2D eigenvalue weighted by atomic mass is 9.68. The average molecular weight is 564 g/mol. The van der Waals surface area contributed by atoms with Crippen molar-refractivity contribution >= 4 is 21.7 Å². The quantitative estimate of drug-likeness (QED) is 0.386. The molecule has 2 unspecified atom stereocenters. The molecule has 3 heterocycles. The van der Waals surface area contributed by atoms with Crippen molar-refractivity contribution in [1.29, 1.82) is 0 Å². The normalized spacial score (nSPS) is 24.1. The van der Waals surface area contributed by atoms with Gasteiger partial charge in [0.05, 0.1) is 19.1 Å². The van der Waals surface area contributed by atoms with Gasteiger partial charge in [0.15, 0.2) is 0 Å². The predicted molar refractivity (Wildman–Crippen MR) is 156 cm³/mol. The first kappa shape index (κ1) is 28.1. The summed E-state index contributed by atoms with van der Waals surface area (Å²) < 4.78 is 31.3. The molecule has 8 nitrogen and oxygen atoms in total. The highest BCUT2D eigenvalue weighted by molar-refractivity contribution is 7.92. The number of nitrogens with one attached hydrogen (secondary N) is 1. The number of benzene rings is 3. The summed E-state index contributed by atoms with van der Waals surface area (Å²) in [4.78, 5) is 14.6. The number of fused-ring (bicyclic) bond motifs is 3. The maximum atomic E-state index is 12.4.